The van der Waals surface area contributed by atoms with Crippen molar-refractivity contribution < 1.29 is 4.79 Å². The molecule has 3 nitrogen and oxygen atoms in total. The Morgan fingerprint density at radius 2 is 2.00 bits per heavy atom. The minimum absolute atomic E-state index is 0.177. The molecule has 0 unspecified atom stereocenters. The summed E-state index contributed by atoms with van der Waals surface area (Å²) in [4.78, 5) is 15.3. The Balaban J connectivity index is 1.87. The fraction of sp³-hybridized carbons (Fsp3) is 0. The van der Waals surface area contributed by atoms with Crippen LogP contribution < -0.4 is 5.32 Å². The summed E-state index contributed by atoms with van der Waals surface area (Å²) in [6.07, 6.45) is 1.87. The smallest absolute Gasteiger partial charge is 0.256 e. The SMILES string of the molecule is O=C(Nc1ccc2[nH]ccc2c1)c1ccc(Cl)cc1Br. The minimum atomic E-state index is -0.177. The van der Waals surface area contributed by atoms with E-state index in [1.165, 1.54) is 0 Å². The summed E-state index contributed by atoms with van der Waals surface area (Å²) < 4.78 is 0.672. The van der Waals surface area contributed by atoms with Gasteiger partial charge in [0.1, 0.15) is 0 Å². The van der Waals surface area contributed by atoms with Crippen LogP contribution in [0.1, 0.15) is 10.4 Å². The normalized spacial score (nSPS) is 10.7. The zero-order valence-electron chi connectivity index (χ0n) is 10.3. The van der Waals surface area contributed by atoms with Gasteiger partial charge in [-0.2, -0.15) is 0 Å². The van der Waals surface area contributed by atoms with Gasteiger partial charge in [-0.15, -0.1) is 0 Å². The molecular formula is C15H10BrClN2O. The minimum Gasteiger partial charge on any atom is -0.361 e. The maximum absolute atomic E-state index is 12.2. The lowest BCUT2D eigenvalue weighted by atomic mass is 10.2. The molecule has 1 aromatic heterocycles. The molecule has 20 heavy (non-hydrogen) atoms. The fourth-order valence-corrected chi connectivity index (χ4v) is 2.87. The van der Waals surface area contributed by atoms with Gasteiger partial charge in [0.2, 0.25) is 0 Å². The van der Waals surface area contributed by atoms with Crippen LogP contribution in [0.15, 0.2) is 53.1 Å². The molecule has 2 N–H and O–H groups in total. The summed E-state index contributed by atoms with van der Waals surface area (Å²) >= 11 is 9.21. The monoisotopic (exact) mass is 348 g/mol. The summed E-state index contributed by atoms with van der Waals surface area (Å²) in [6, 6.07) is 12.8. The van der Waals surface area contributed by atoms with Crippen LogP contribution in [0.2, 0.25) is 5.02 Å². The first kappa shape index (κ1) is 13.2. The highest BCUT2D eigenvalue weighted by atomic mass is 79.9. The van der Waals surface area contributed by atoms with Crippen LogP contribution in [0.5, 0.6) is 0 Å². The second-order valence-corrected chi connectivity index (χ2v) is 5.65. The molecule has 0 aliphatic heterocycles. The van der Waals surface area contributed by atoms with Crippen LogP contribution in [0.4, 0.5) is 5.69 Å². The van der Waals surface area contributed by atoms with E-state index < -0.39 is 0 Å². The highest BCUT2D eigenvalue weighted by Gasteiger charge is 2.10. The first-order chi connectivity index (χ1) is 9.63. The Labute approximate surface area is 129 Å². The van der Waals surface area contributed by atoms with Gasteiger partial charge in [0.25, 0.3) is 5.91 Å². The van der Waals surface area contributed by atoms with Gasteiger partial charge in [-0.1, -0.05) is 11.6 Å². The number of anilines is 1. The van der Waals surface area contributed by atoms with Crippen LogP contribution in [0.25, 0.3) is 10.9 Å². The quantitative estimate of drug-likeness (QED) is 0.683. The number of aromatic amines is 1. The van der Waals surface area contributed by atoms with Crippen molar-refractivity contribution in [1.82, 2.24) is 4.98 Å². The van der Waals surface area contributed by atoms with E-state index >= 15 is 0 Å². The Bertz CT molecular complexity index is 797. The van der Waals surface area contributed by atoms with E-state index in [1.807, 2.05) is 30.5 Å². The zero-order valence-corrected chi connectivity index (χ0v) is 12.6. The van der Waals surface area contributed by atoms with Gasteiger partial charge in [0, 0.05) is 32.3 Å². The summed E-state index contributed by atoms with van der Waals surface area (Å²) in [6.45, 7) is 0. The van der Waals surface area contributed by atoms with Crippen molar-refractivity contribution in [2.45, 2.75) is 0 Å². The standard InChI is InChI=1S/C15H10BrClN2O/c16-13-8-10(17)1-3-12(13)15(20)19-11-2-4-14-9(7-11)5-6-18-14/h1-8,18H,(H,19,20). The lowest BCUT2D eigenvalue weighted by Gasteiger charge is -2.07. The van der Waals surface area contributed by atoms with E-state index in [0.29, 0.717) is 15.1 Å². The lowest BCUT2D eigenvalue weighted by Crippen LogP contribution is -2.12. The number of hydrogen-bond acceptors (Lipinski definition) is 1. The average molecular weight is 350 g/mol. The third-order valence-electron chi connectivity index (χ3n) is 2.99. The number of hydrogen-bond donors (Lipinski definition) is 2. The van der Waals surface area contributed by atoms with Crippen LogP contribution >= 0.6 is 27.5 Å². The van der Waals surface area contributed by atoms with Gasteiger partial charge in [-0.05, 0) is 58.4 Å². The Kier molecular flexibility index (Phi) is 3.51. The molecule has 0 spiro atoms. The first-order valence-corrected chi connectivity index (χ1v) is 7.14. The van der Waals surface area contributed by atoms with E-state index in [-0.39, 0.29) is 5.91 Å². The Morgan fingerprint density at radius 1 is 1.15 bits per heavy atom. The van der Waals surface area contributed by atoms with Gasteiger partial charge in [-0.3, -0.25) is 4.79 Å². The van der Waals surface area contributed by atoms with Gasteiger partial charge in [0.15, 0.2) is 0 Å². The van der Waals surface area contributed by atoms with Crippen molar-refractivity contribution in [2.24, 2.45) is 0 Å². The molecule has 0 fully saturated rings. The molecule has 0 saturated heterocycles. The number of amides is 1. The van der Waals surface area contributed by atoms with Gasteiger partial charge >= 0.3 is 0 Å². The second-order valence-electron chi connectivity index (χ2n) is 4.36. The topological polar surface area (TPSA) is 44.9 Å². The predicted octanol–water partition coefficient (Wildman–Crippen LogP) is 4.84. The molecular weight excluding hydrogens is 340 g/mol. The zero-order chi connectivity index (χ0) is 14.1. The number of benzene rings is 2. The van der Waals surface area contributed by atoms with Crippen LogP contribution in [-0.4, -0.2) is 10.9 Å². The van der Waals surface area contributed by atoms with E-state index in [4.69, 9.17) is 11.6 Å². The maximum atomic E-state index is 12.2. The van der Waals surface area contributed by atoms with Crippen molar-refractivity contribution in [3.8, 4) is 0 Å². The molecule has 0 saturated carbocycles. The predicted molar refractivity (Wildman–Crippen MR) is 85.4 cm³/mol. The molecule has 100 valence electrons. The number of H-pyrrole nitrogens is 1. The maximum Gasteiger partial charge on any atom is 0.256 e. The van der Waals surface area contributed by atoms with Crippen LogP contribution in [0, 0.1) is 0 Å². The van der Waals surface area contributed by atoms with E-state index in [2.05, 4.69) is 26.2 Å². The molecule has 0 aliphatic rings. The third kappa shape index (κ3) is 2.57. The summed E-state index contributed by atoms with van der Waals surface area (Å²) in [7, 11) is 0. The molecule has 1 heterocycles. The lowest BCUT2D eigenvalue weighted by molar-refractivity contribution is 0.102. The molecule has 0 radical (unpaired) electrons. The van der Waals surface area contributed by atoms with Crippen molar-refractivity contribution in [3.63, 3.8) is 0 Å². The van der Waals surface area contributed by atoms with E-state index in [1.54, 1.807) is 18.2 Å². The summed E-state index contributed by atoms with van der Waals surface area (Å²) in [5.41, 5.74) is 2.34. The molecule has 0 bridgehead atoms. The number of halogens is 2. The Hall–Kier alpha value is -1.78. The average Bonchev–Trinajstić information content (AvgIpc) is 2.85. The highest BCUT2D eigenvalue weighted by Crippen LogP contribution is 2.23. The molecule has 2 aromatic carbocycles. The molecule has 3 rings (SSSR count). The largest absolute Gasteiger partial charge is 0.361 e. The van der Waals surface area contributed by atoms with Crippen molar-refractivity contribution in [3.05, 3.63) is 63.7 Å². The number of fused-ring (bicyclic) bond motifs is 1. The fourth-order valence-electron chi connectivity index (χ4n) is 2.00. The van der Waals surface area contributed by atoms with E-state index in [0.717, 1.165) is 16.6 Å². The third-order valence-corrected chi connectivity index (χ3v) is 3.88. The molecule has 5 heteroatoms. The second kappa shape index (κ2) is 5.31. The summed E-state index contributed by atoms with van der Waals surface area (Å²) in [5.74, 6) is -0.177. The molecule has 1 amide bonds. The van der Waals surface area contributed by atoms with Crippen LogP contribution in [-0.2, 0) is 0 Å². The van der Waals surface area contributed by atoms with Crippen molar-refractivity contribution in [2.75, 3.05) is 5.32 Å². The number of carbonyl (C=O) groups is 1. The van der Waals surface area contributed by atoms with Crippen LogP contribution in [0.3, 0.4) is 0 Å². The van der Waals surface area contributed by atoms with Crippen molar-refractivity contribution in [1.29, 1.82) is 0 Å². The van der Waals surface area contributed by atoms with E-state index in [9.17, 15) is 4.79 Å². The number of aromatic nitrogens is 1. The van der Waals surface area contributed by atoms with Gasteiger partial charge in [-0.25, -0.2) is 0 Å². The summed E-state index contributed by atoms with van der Waals surface area (Å²) in [5, 5.41) is 4.51. The molecule has 0 aliphatic carbocycles. The first-order valence-electron chi connectivity index (χ1n) is 5.97. The van der Waals surface area contributed by atoms with Crippen molar-refractivity contribution >= 4 is 50.0 Å². The number of carbonyl (C=O) groups excluding carboxylic acids is 1. The highest BCUT2D eigenvalue weighted by molar-refractivity contribution is 9.10. The Morgan fingerprint density at radius 3 is 2.80 bits per heavy atom. The number of rotatable bonds is 2. The van der Waals surface area contributed by atoms with Gasteiger partial charge < -0.3 is 10.3 Å². The molecule has 3 aromatic rings. The number of nitrogens with one attached hydrogen (secondary N) is 2. The molecule has 0 atom stereocenters. The van der Waals surface area contributed by atoms with Gasteiger partial charge in [0.05, 0.1) is 5.56 Å².